The van der Waals surface area contributed by atoms with Crippen molar-refractivity contribution in [2.75, 3.05) is 0 Å². The minimum absolute atomic E-state index is 0.741. The Morgan fingerprint density at radius 3 is 2.55 bits per heavy atom. The molecule has 0 atom stereocenters. The lowest BCUT2D eigenvalue weighted by Gasteiger charge is -1.93. The Morgan fingerprint density at radius 1 is 1.09 bits per heavy atom. The summed E-state index contributed by atoms with van der Waals surface area (Å²) in [6, 6.07) is 9.85. The van der Waals surface area contributed by atoms with Crippen LogP contribution < -0.4 is 0 Å². The van der Waals surface area contributed by atoms with Gasteiger partial charge in [-0.25, -0.2) is 4.99 Å². The molecule has 1 aromatic rings. The summed E-state index contributed by atoms with van der Waals surface area (Å²) >= 11 is 0. The first-order valence-corrected chi connectivity index (χ1v) is 3.38. The molecule has 0 fully saturated rings. The molecule has 0 bridgehead atoms. The van der Waals surface area contributed by atoms with E-state index in [1.54, 1.807) is 6.20 Å². The van der Waals surface area contributed by atoms with Gasteiger partial charge >= 0.3 is 0 Å². The molecule has 2 rings (SSSR count). The zero-order chi connectivity index (χ0) is 7.52. The Bertz CT molecular complexity index is 343. The first-order valence-electron chi connectivity index (χ1n) is 3.38. The SMILES string of the molecule is C1=CN=C(c2ccccc2)N=1. The van der Waals surface area contributed by atoms with Crippen LogP contribution in [0.5, 0.6) is 0 Å². The van der Waals surface area contributed by atoms with Crippen molar-refractivity contribution in [1.29, 1.82) is 0 Å². The molecule has 0 N–H and O–H groups in total. The topological polar surface area (TPSA) is 24.7 Å². The standard InChI is InChI=1S/C9H6N2/c1-2-4-8(5-3-1)9-10-6-7-11-9/h1-6H. The van der Waals surface area contributed by atoms with Gasteiger partial charge in [0.15, 0.2) is 5.84 Å². The predicted molar refractivity (Wildman–Crippen MR) is 45.0 cm³/mol. The second-order valence-corrected chi connectivity index (χ2v) is 2.19. The van der Waals surface area contributed by atoms with E-state index >= 15 is 0 Å². The number of hydrogen-bond acceptors (Lipinski definition) is 2. The number of aliphatic imine (C=N–C) groups is 2. The van der Waals surface area contributed by atoms with Crippen molar-refractivity contribution in [2.24, 2.45) is 9.98 Å². The first kappa shape index (κ1) is 6.08. The molecular formula is C9H6N2. The van der Waals surface area contributed by atoms with Crippen LogP contribution in [0.1, 0.15) is 5.56 Å². The van der Waals surface area contributed by atoms with Crippen molar-refractivity contribution in [3.8, 4) is 0 Å². The maximum atomic E-state index is 4.02. The summed E-state index contributed by atoms with van der Waals surface area (Å²) in [5, 5.41) is 0. The third-order valence-electron chi connectivity index (χ3n) is 1.45. The highest BCUT2D eigenvalue weighted by Crippen LogP contribution is 2.03. The number of hydrogen-bond donors (Lipinski definition) is 0. The molecule has 1 aliphatic rings. The molecule has 0 saturated carbocycles. The largest absolute Gasteiger partial charge is 0.226 e. The van der Waals surface area contributed by atoms with E-state index in [4.69, 9.17) is 0 Å². The summed E-state index contributed by atoms with van der Waals surface area (Å²) < 4.78 is 0. The number of rotatable bonds is 1. The average molecular weight is 142 g/mol. The fraction of sp³-hybridized carbons (Fsp3) is 0. The van der Waals surface area contributed by atoms with E-state index in [0.717, 1.165) is 11.4 Å². The van der Waals surface area contributed by atoms with E-state index in [9.17, 15) is 0 Å². The summed E-state index contributed by atoms with van der Waals surface area (Å²) in [6.45, 7) is 0. The third kappa shape index (κ3) is 1.11. The molecule has 0 spiro atoms. The Hall–Kier alpha value is -1.66. The molecule has 1 heterocycles. The van der Waals surface area contributed by atoms with Crippen LogP contribution in [0, 0.1) is 0 Å². The second kappa shape index (κ2) is 2.52. The molecular weight excluding hydrogens is 136 g/mol. The van der Waals surface area contributed by atoms with Crippen LogP contribution in [0.2, 0.25) is 0 Å². The molecule has 52 valence electrons. The van der Waals surface area contributed by atoms with E-state index in [-0.39, 0.29) is 0 Å². The van der Waals surface area contributed by atoms with Crippen molar-refractivity contribution < 1.29 is 0 Å². The van der Waals surface area contributed by atoms with Crippen LogP contribution in [0.15, 0.2) is 46.5 Å². The Balaban J connectivity index is 2.39. The minimum Gasteiger partial charge on any atom is -0.226 e. The molecule has 0 unspecified atom stereocenters. The van der Waals surface area contributed by atoms with E-state index in [0.29, 0.717) is 0 Å². The van der Waals surface area contributed by atoms with Gasteiger partial charge in [-0.2, -0.15) is 4.99 Å². The molecule has 11 heavy (non-hydrogen) atoms. The quantitative estimate of drug-likeness (QED) is 0.569. The van der Waals surface area contributed by atoms with Crippen LogP contribution in [0.3, 0.4) is 0 Å². The van der Waals surface area contributed by atoms with Gasteiger partial charge in [0.2, 0.25) is 0 Å². The highest BCUT2D eigenvalue weighted by Gasteiger charge is 1.99. The van der Waals surface area contributed by atoms with E-state index < -0.39 is 0 Å². The van der Waals surface area contributed by atoms with Gasteiger partial charge in [-0.05, 0) is 0 Å². The highest BCUT2D eigenvalue weighted by atomic mass is 14.9. The smallest absolute Gasteiger partial charge is 0.169 e. The van der Waals surface area contributed by atoms with Gasteiger partial charge in [0.1, 0.15) is 0 Å². The lowest BCUT2D eigenvalue weighted by Crippen LogP contribution is -1.91. The first-order chi connectivity index (χ1) is 5.47. The highest BCUT2D eigenvalue weighted by molar-refractivity contribution is 6.05. The van der Waals surface area contributed by atoms with Gasteiger partial charge in [0.25, 0.3) is 0 Å². The minimum atomic E-state index is 0.741. The monoisotopic (exact) mass is 142 g/mol. The zero-order valence-corrected chi connectivity index (χ0v) is 5.86. The fourth-order valence-electron chi connectivity index (χ4n) is 0.935. The lowest BCUT2D eigenvalue weighted by molar-refractivity contribution is 1.52. The van der Waals surface area contributed by atoms with Crippen LogP contribution in [-0.4, -0.2) is 11.7 Å². The number of amidine groups is 1. The van der Waals surface area contributed by atoms with Gasteiger partial charge in [-0.1, -0.05) is 30.3 Å². The van der Waals surface area contributed by atoms with Crippen molar-refractivity contribution in [3.05, 3.63) is 42.1 Å². The normalized spacial score (nSPS) is 13.6. The number of nitrogens with zero attached hydrogens (tertiary/aromatic N) is 2. The Morgan fingerprint density at radius 2 is 1.91 bits per heavy atom. The van der Waals surface area contributed by atoms with Gasteiger partial charge in [0.05, 0.1) is 6.20 Å². The Kier molecular flexibility index (Phi) is 1.39. The van der Waals surface area contributed by atoms with E-state index in [1.807, 2.05) is 30.3 Å². The molecule has 0 radical (unpaired) electrons. The van der Waals surface area contributed by atoms with Crippen molar-refractivity contribution in [1.82, 2.24) is 0 Å². The van der Waals surface area contributed by atoms with E-state index in [1.165, 1.54) is 0 Å². The van der Waals surface area contributed by atoms with Crippen molar-refractivity contribution in [3.63, 3.8) is 0 Å². The summed E-state index contributed by atoms with van der Waals surface area (Å²) in [5.41, 5.74) is 1.04. The summed E-state index contributed by atoms with van der Waals surface area (Å²) in [7, 11) is 0. The van der Waals surface area contributed by atoms with Gasteiger partial charge in [-0.15, -0.1) is 0 Å². The molecule has 0 amide bonds. The third-order valence-corrected chi connectivity index (χ3v) is 1.45. The molecule has 0 aliphatic carbocycles. The van der Waals surface area contributed by atoms with Crippen LogP contribution in [0.4, 0.5) is 0 Å². The van der Waals surface area contributed by atoms with Crippen LogP contribution in [-0.2, 0) is 0 Å². The summed E-state index contributed by atoms with van der Waals surface area (Å²) in [6.07, 6.45) is 1.57. The lowest BCUT2D eigenvalue weighted by atomic mass is 10.2. The molecule has 0 aromatic heterocycles. The van der Waals surface area contributed by atoms with Gasteiger partial charge < -0.3 is 0 Å². The number of benzene rings is 1. The predicted octanol–water partition coefficient (Wildman–Crippen LogP) is 1.63. The molecule has 1 aromatic carbocycles. The molecule has 2 nitrogen and oxygen atoms in total. The molecule has 1 aliphatic heterocycles. The van der Waals surface area contributed by atoms with Crippen LogP contribution in [0.25, 0.3) is 0 Å². The van der Waals surface area contributed by atoms with Crippen LogP contribution >= 0.6 is 0 Å². The maximum Gasteiger partial charge on any atom is 0.169 e. The van der Waals surface area contributed by atoms with Crippen molar-refractivity contribution in [2.45, 2.75) is 0 Å². The summed E-state index contributed by atoms with van der Waals surface area (Å²) in [5.74, 6) is 3.41. The van der Waals surface area contributed by atoms with Gasteiger partial charge in [0, 0.05) is 11.4 Å². The average Bonchev–Trinajstić information content (AvgIpc) is 2.58. The van der Waals surface area contributed by atoms with Crippen molar-refractivity contribution >= 4 is 11.7 Å². The second-order valence-electron chi connectivity index (χ2n) is 2.19. The Labute approximate surface area is 64.6 Å². The van der Waals surface area contributed by atoms with E-state index in [2.05, 4.69) is 15.9 Å². The van der Waals surface area contributed by atoms with Gasteiger partial charge in [-0.3, -0.25) is 0 Å². The zero-order valence-electron chi connectivity index (χ0n) is 5.86. The fourth-order valence-corrected chi connectivity index (χ4v) is 0.935. The maximum absolute atomic E-state index is 4.02. The molecule has 0 saturated heterocycles. The molecule has 2 heteroatoms. The summed E-state index contributed by atoms with van der Waals surface area (Å²) in [4.78, 5) is 7.97.